The zero-order chi connectivity index (χ0) is 9.42. The Bertz CT molecular complexity index is 439. The molecule has 0 radical (unpaired) electrons. The molecule has 0 aliphatic rings. The molecular formula is C8H5BrF2N2. The van der Waals surface area contributed by atoms with Crippen LogP contribution in [0, 0.1) is 0 Å². The summed E-state index contributed by atoms with van der Waals surface area (Å²) in [7, 11) is 0. The SMILES string of the molecule is FC(F)c1cc(Br)c2cccnn12. The van der Waals surface area contributed by atoms with Gasteiger partial charge in [-0.15, -0.1) is 0 Å². The first-order valence-corrected chi connectivity index (χ1v) is 4.40. The molecule has 2 aromatic rings. The second-order valence-electron chi connectivity index (χ2n) is 2.54. The largest absolute Gasteiger partial charge is 0.280 e. The predicted molar refractivity (Wildman–Crippen MR) is 47.8 cm³/mol. The van der Waals surface area contributed by atoms with Crippen molar-refractivity contribution in [3.63, 3.8) is 0 Å². The topological polar surface area (TPSA) is 17.3 Å². The number of alkyl halides is 2. The van der Waals surface area contributed by atoms with Gasteiger partial charge in [0, 0.05) is 10.7 Å². The summed E-state index contributed by atoms with van der Waals surface area (Å²) < 4.78 is 26.7. The molecule has 0 saturated carbocycles. The molecule has 0 N–H and O–H groups in total. The third kappa shape index (κ3) is 1.33. The zero-order valence-corrected chi connectivity index (χ0v) is 8.00. The first-order chi connectivity index (χ1) is 6.20. The summed E-state index contributed by atoms with van der Waals surface area (Å²) in [5, 5.41) is 3.83. The number of nitrogens with zero attached hydrogens (tertiary/aromatic N) is 2. The van der Waals surface area contributed by atoms with Gasteiger partial charge in [-0.2, -0.15) is 5.10 Å². The van der Waals surface area contributed by atoms with Gasteiger partial charge >= 0.3 is 0 Å². The first-order valence-electron chi connectivity index (χ1n) is 3.60. The standard InChI is InChI=1S/C8H5BrF2N2/c9-5-4-7(8(10)11)13-6(5)2-1-3-12-13/h1-4,8H. The van der Waals surface area contributed by atoms with Gasteiger partial charge < -0.3 is 0 Å². The average Bonchev–Trinajstić information content (AvgIpc) is 2.45. The van der Waals surface area contributed by atoms with E-state index in [1.54, 1.807) is 12.1 Å². The summed E-state index contributed by atoms with van der Waals surface area (Å²) in [6, 6.07) is 4.81. The van der Waals surface area contributed by atoms with Crippen molar-refractivity contribution in [3.05, 3.63) is 34.6 Å². The van der Waals surface area contributed by atoms with Crippen molar-refractivity contribution in [1.29, 1.82) is 0 Å². The summed E-state index contributed by atoms with van der Waals surface area (Å²) in [6.07, 6.45) is -1.03. The van der Waals surface area contributed by atoms with Crippen molar-refractivity contribution in [1.82, 2.24) is 9.61 Å². The number of hydrogen-bond donors (Lipinski definition) is 0. The van der Waals surface area contributed by atoms with Crippen LogP contribution in [0.4, 0.5) is 8.78 Å². The molecule has 0 amide bonds. The maximum Gasteiger partial charge on any atom is 0.280 e. The lowest BCUT2D eigenvalue weighted by molar-refractivity contribution is 0.143. The van der Waals surface area contributed by atoms with Crippen molar-refractivity contribution >= 4 is 21.4 Å². The van der Waals surface area contributed by atoms with Gasteiger partial charge in [0.05, 0.1) is 5.52 Å². The monoisotopic (exact) mass is 246 g/mol. The van der Waals surface area contributed by atoms with Crippen molar-refractivity contribution in [2.45, 2.75) is 6.43 Å². The second-order valence-corrected chi connectivity index (χ2v) is 3.39. The maximum atomic E-state index is 12.4. The van der Waals surface area contributed by atoms with Gasteiger partial charge in [-0.1, -0.05) is 0 Å². The Hall–Kier alpha value is -0.970. The van der Waals surface area contributed by atoms with Gasteiger partial charge in [0.1, 0.15) is 5.69 Å². The molecular weight excluding hydrogens is 242 g/mol. The quantitative estimate of drug-likeness (QED) is 0.757. The van der Waals surface area contributed by atoms with Crippen LogP contribution in [0.1, 0.15) is 12.1 Å². The molecule has 13 heavy (non-hydrogen) atoms. The molecule has 0 aromatic carbocycles. The van der Waals surface area contributed by atoms with E-state index in [1.807, 2.05) is 0 Å². The predicted octanol–water partition coefficient (Wildman–Crippen LogP) is 3.03. The molecule has 68 valence electrons. The van der Waals surface area contributed by atoms with E-state index in [9.17, 15) is 8.78 Å². The summed E-state index contributed by atoms with van der Waals surface area (Å²) in [5.41, 5.74) is 0.556. The van der Waals surface area contributed by atoms with Gasteiger partial charge in [0.25, 0.3) is 6.43 Å². The van der Waals surface area contributed by atoms with Crippen LogP contribution < -0.4 is 0 Å². The van der Waals surface area contributed by atoms with Crippen molar-refractivity contribution in [2.24, 2.45) is 0 Å². The fraction of sp³-hybridized carbons (Fsp3) is 0.125. The Kier molecular flexibility index (Phi) is 2.03. The lowest BCUT2D eigenvalue weighted by Gasteiger charge is -1.98. The van der Waals surface area contributed by atoms with Gasteiger partial charge in [-0.3, -0.25) is 0 Å². The summed E-state index contributed by atoms with van der Waals surface area (Å²) in [6.45, 7) is 0. The number of halogens is 3. The summed E-state index contributed by atoms with van der Waals surface area (Å²) in [5.74, 6) is 0. The minimum Gasteiger partial charge on any atom is -0.231 e. The number of fused-ring (bicyclic) bond motifs is 1. The molecule has 0 unspecified atom stereocenters. The van der Waals surface area contributed by atoms with Gasteiger partial charge in [0.15, 0.2) is 0 Å². The van der Waals surface area contributed by atoms with Crippen molar-refractivity contribution in [2.75, 3.05) is 0 Å². The zero-order valence-electron chi connectivity index (χ0n) is 6.42. The lowest BCUT2D eigenvalue weighted by atomic mass is 10.4. The maximum absolute atomic E-state index is 12.4. The fourth-order valence-electron chi connectivity index (χ4n) is 1.18. The van der Waals surface area contributed by atoms with Crippen molar-refractivity contribution < 1.29 is 8.78 Å². The fourth-order valence-corrected chi connectivity index (χ4v) is 1.71. The van der Waals surface area contributed by atoms with Gasteiger partial charge in [-0.05, 0) is 34.1 Å². The smallest absolute Gasteiger partial charge is 0.231 e. The average molecular weight is 247 g/mol. The number of rotatable bonds is 1. The highest BCUT2D eigenvalue weighted by molar-refractivity contribution is 9.10. The van der Waals surface area contributed by atoms with Gasteiger partial charge in [0.2, 0.25) is 0 Å². The van der Waals surface area contributed by atoms with Crippen molar-refractivity contribution in [3.8, 4) is 0 Å². The van der Waals surface area contributed by atoms with E-state index >= 15 is 0 Å². The van der Waals surface area contributed by atoms with Crippen LogP contribution in [0.2, 0.25) is 0 Å². The van der Waals surface area contributed by atoms with Crippen LogP contribution in [0.3, 0.4) is 0 Å². The Morgan fingerprint density at radius 2 is 2.23 bits per heavy atom. The Morgan fingerprint density at radius 3 is 2.92 bits per heavy atom. The molecule has 2 nitrogen and oxygen atoms in total. The molecule has 0 bridgehead atoms. The first kappa shape index (κ1) is 8.62. The van der Waals surface area contributed by atoms with Crippen LogP contribution in [0.25, 0.3) is 5.52 Å². The lowest BCUT2D eigenvalue weighted by Crippen LogP contribution is -1.95. The van der Waals surface area contributed by atoms with Crippen LogP contribution in [0.5, 0.6) is 0 Å². The molecule has 0 aliphatic carbocycles. The highest BCUT2D eigenvalue weighted by atomic mass is 79.9. The normalized spacial score (nSPS) is 11.4. The Balaban J connectivity index is 2.78. The van der Waals surface area contributed by atoms with E-state index in [0.717, 1.165) is 0 Å². The van der Waals surface area contributed by atoms with Crippen LogP contribution in [-0.4, -0.2) is 9.61 Å². The Labute approximate surface area is 81.3 Å². The van der Waals surface area contributed by atoms with Crippen LogP contribution in [-0.2, 0) is 0 Å². The Morgan fingerprint density at radius 1 is 1.46 bits per heavy atom. The molecule has 0 fully saturated rings. The number of hydrogen-bond acceptors (Lipinski definition) is 1. The molecule has 2 heterocycles. The van der Waals surface area contributed by atoms with Crippen LogP contribution in [0.15, 0.2) is 28.9 Å². The third-order valence-electron chi connectivity index (χ3n) is 1.74. The highest BCUT2D eigenvalue weighted by Gasteiger charge is 2.15. The molecule has 2 aromatic heterocycles. The van der Waals surface area contributed by atoms with Crippen LogP contribution >= 0.6 is 15.9 Å². The molecule has 0 saturated heterocycles. The molecule has 5 heteroatoms. The van der Waals surface area contributed by atoms with E-state index in [4.69, 9.17) is 0 Å². The molecule has 0 spiro atoms. The van der Waals surface area contributed by atoms with E-state index in [1.165, 1.54) is 16.8 Å². The van der Waals surface area contributed by atoms with E-state index in [-0.39, 0.29) is 5.69 Å². The highest BCUT2D eigenvalue weighted by Crippen LogP contribution is 2.27. The van der Waals surface area contributed by atoms with E-state index < -0.39 is 6.43 Å². The minimum absolute atomic E-state index is 0.0949. The summed E-state index contributed by atoms with van der Waals surface area (Å²) in [4.78, 5) is 0. The van der Waals surface area contributed by atoms with Gasteiger partial charge in [-0.25, -0.2) is 13.3 Å². The van der Waals surface area contributed by atoms with E-state index in [2.05, 4.69) is 21.0 Å². The number of aromatic nitrogens is 2. The van der Waals surface area contributed by atoms with E-state index in [0.29, 0.717) is 9.99 Å². The molecule has 0 aliphatic heterocycles. The third-order valence-corrected chi connectivity index (χ3v) is 2.37. The molecule has 0 atom stereocenters. The minimum atomic E-state index is -2.51. The molecule has 2 rings (SSSR count). The second kappa shape index (κ2) is 3.06. The summed E-state index contributed by atoms with van der Waals surface area (Å²) >= 11 is 3.19.